The molecule has 0 rings (SSSR count). The molecule has 1 N–H and O–H groups in total. The molecule has 0 bridgehead atoms. The third-order valence-electron chi connectivity index (χ3n) is 4.96. The number of amides is 1. The summed E-state index contributed by atoms with van der Waals surface area (Å²) in [4.78, 5) is 12.3. The summed E-state index contributed by atoms with van der Waals surface area (Å²) in [5.41, 5.74) is -0.0339. The second-order valence-corrected chi connectivity index (χ2v) is 8.73. The van der Waals surface area contributed by atoms with Gasteiger partial charge in [-0.05, 0) is 30.1 Å². The van der Waals surface area contributed by atoms with Gasteiger partial charge >= 0.3 is 0 Å². The topological polar surface area (TPSA) is 29.1 Å². The fraction of sp³-hybridized carbons (Fsp3) is 0.938. The number of carbonyl (C=O) groups is 1. The molecule has 0 saturated carbocycles. The fourth-order valence-corrected chi connectivity index (χ4v) is 1.25. The summed E-state index contributed by atoms with van der Waals surface area (Å²) < 4.78 is 0. The van der Waals surface area contributed by atoms with Gasteiger partial charge in [0.2, 0.25) is 5.91 Å². The minimum Gasteiger partial charge on any atom is -0.351 e. The third-order valence-corrected chi connectivity index (χ3v) is 4.96. The summed E-state index contributed by atoms with van der Waals surface area (Å²) in [5, 5.41) is 3.19. The summed E-state index contributed by atoms with van der Waals surface area (Å²) in [5.74, 6) is 0.148. The van der Waals surface area contributed by atoms with E-state index < -0.39 is 0 Å². The van der Waals surface area contributed by atoms with Crippen LogP contribution in [0.1, 0.15) is 75.7 Å². The maximum atomic E-state index is 12.3. The number of carbonyl (C=O) groups excluding carboxylic acids is 1. The zero-order chi connectivity index (χ0) is 15.0. The first-order chi connectivity index (χ1) is 7.60. The standard InChI is InChI=1S/C16H33NO/c1-13(2,3)15(7,8)11-12(18)17-16(9,10)14(4,5)6/h11H2,1-10H3,(H,17,18). The van der Waals surface area contributed by atoms with Gasteiger partial charge in [-0.3, -0.25) is 4.79 Å². The molecule has 0 saturated heterocycles. The Hall–Kier alpha value is -0.530. The van der Waals surface area contributed by atoms with Gasteiger partial charge in [0.1, 0.15) is 0 Å². The molecule has 2 nitrogen and oxygen atoms in total. The predicted octanol–water partition coefficient (Wildman–Crippen LogP) is 4.39. The number of hydrogen-bond acceptors (Lipinski definition) is 1. The van der Waals surface area contributed by atoms with E-state index in [4.69, 9.17) is 0 Å². The number of rotatable bonds is 3. The van der Waals surface area contributed by atoms with Crippen molar-refractivity contribution in [1.82, 2.24) is 5.32 Å². The molecule has 0 unspecified atom stereocenters. The van der Waals surface area contributed by atoms with Crippen LogP contribution in [0, 0.1) is 16.2 Å². The molecule has 18 heavy (non-hydrogen) atoms. The van der Waals surface area contributed by atoms with Gasteiger partial charge in [-0.1, -0.05) is 55.4 Å². The number of hydrogen-bond donors (Lipinski definition) is 1. The molecule has 0 aromatic carbocycles. The second kappa shape index (κ2) is 4.86. The van der Waals surface area contributed by atoms with E-state index >= 15 is 0 Å². The summed E-state index contributed by atoms with van der Waals surface area (Å²) in [6, 6.07) is 0. The van der Waals surface area contributed by atoms with Crippen molar-refractivity contribution in [2.45, 2.75) is 81.2 Å². The van der Waals surface area contributed by atoms with E-state index in [1.165, 1.54) is 0 Å². The zero-order valence-electron chi connectivity index (χ0n) is 14.1. The van der Waals surface area contributed by atoms with Crippen molar-refractivity contribution >= 4 is 5.91 Å². The molecule has 0 heterocycles. The highest BCUT2D eigenvalue weighted by atomic mass is 16.1. The first kappa shape index (κ1) is 17.5. The van der Waals surface area contributed by atoms with Crippen molar-refractivity contribution in [1.29, 1.82) is 0 Å². The van der Waals surface area contributed by atoms with Crippen molar-refractivity contribution < 1.29 is 4.79 Å². The van der Waals surface area contributed by atoms with Crippen LogP contribution >= 0.6 is 0 Å². The third kappa shape index (κ3) is 4.29. The highest BCUT2D eigenvalue weighted by Crippen LogP contribution is 2.41. The van der Waals surface area contributed by atoms with Gasteiger partial charge in [0, 0.05) is 12.0 Å². The highest BCUT2D eigenvalue weighted by Gasteiger charge is 2.38. The molecule has 0 aliphatic rings. The summed E-state index contributed by atoms with van der Waals surface area (Å²) in [6.07, 6.45) is 0.565. The van der Waals surface area contributed by atoms with Crippen molar-refractivity contribution in [3.05, 3.63) is 0 Å². The van der Waals surface area contributed by atoms with Crippen LogP contribution in [0.3, 0.4) is 0 Å². The van der Waals surface area contributed by atoms with Gasteiger partial charge in [-0.15, -0.1) is 0 Å². The lowest BCUT2D eigenvalue weighted by atomic mass is 9.67. The van der Waals surface area contributed by atoms with Gasteiger partial charge in [0.25, 0.3) is 0 Å². The molecule has 0 radical (unpaired) electrons. The maximum Gasteiger partial charge on any atom is 0.220 e. The normalized spacial score (nSPS) is 14.6. The Morgan fingerprint density at radius 2 is 1.17 bits per heavy atom. The van der Waals surface area contributed by atoms with Gasteiger partial charge < -0.3 is 5.32 Å². The van der Waals surface area contributed by atoms with E-state index in [-0.39, 0.29) is 27.7 Å². The maximum absolute atomic E-state index is 12.3. The van der Waals surface area contributed by atoms with Crippen molar-refractivity contribution in [3.63, 3.8) is 0 Å². The summed E-state index contributed by atoms with van der Waals surface area (Å²) in [6.45, 7) is 21.5. The average Bonchev–Trinajstić information content (AvgIpc) is 1.95. The number of nitrogens with one attached hydrogen (secondary N) is 1. The highest BCUT2D eigenvalue weighted by molar-refractivity contribution is 5.77. The molecule has 0 aromatic heterocycles. The first-order valence-corrected chi connectivity index (χ1v) is 6.91. The van der Waals surface area contributed by atoms with E-state index in [0.29, 0.717) is 6.42 Å². The SMILES string of the molecule is CC(C)(C)C(C)(C)CC(=O)NC(C)(C)C(C)(C)C. The Morgan fingerprint density at radius 3 is 1.44 bits per heavy atom. The Balaban J connectivity index is 4.75. The first-order valence-electron chi connectivity index (χ1n) is 6.91. The van der Waals surface area contributed by atoms with Gasteiger partial charge in [-0.2, -0.15) is 0 Å². The monoisotopic (exact) mass is 255 g/mol. The summed E-state index contributed by atoms with van der Waals surface area (Å²) >= 11 is 0. The smallest absolute Gasteiger partial charge is 0.220 e. The Labute approximate surface area is 114 Å². The minimum absolute atomic E-state index is 0.00888. The van der Waals surface area contributed by atoms with Crippen LogP contribution in [0.2, 0.25) is 0 Å². The molecule has 0 aliphatic heterocycles. The van der Waals surface area contributed by atoms with Crippen LogP contribution in [0.5, 0.6) is 0 Å². The Kier molecular flexibility index (Phi) is 4.72. The van der Waals surface area contributed by atoms with Gasteiger partial charge in [0.15, 0.2) is 0 Å². The fourth-order valence-electron chi connectivity index (χ4n) is 1.25. The molecular formula is C16H33NO. The van der Waals surface area contributed by atoms with Crippen molar-refractivity contribution in [2.75, 3.05) is 0 Å². The van der Waals surface area contributed by atoms with Gasteiger partial charge in [-0.25, -0.2) is 0 Å². The Bertz CT molecular complexity index is 270. The molecule has 0 spiro atoms. The van der Waals surface area contributed by atoms with Crippen LogP contribution in [-0.4, -0.2) is 11.4 Å². The molecule has 0 aliphatic carbocycles. The van der Waals surface area contributed by atoms with Crippen LogP contribution in [0.4, 0.5) is 0 Å². The van der Waals surface area contributed by atoms with Crippen LogP contribution in [-0.2, 0) is 4.79 Å². The lowest BCUT2D eigenvalue weighted by molar-refractivity contribution is -0.127. The molecule has 0 atom stereocenters. The van der Waals surface area contributed by atoms with Crippen LogP contribution < -0.4 is 5.32 Å². The van der Waals surface area contributed by atoms with Crippen molar-refractivity contribution in [3.8, 4) is 0 Å². The molecule has 1 amide bonds. The molecule has 108 valence electrons. The average molecular weight is 255 g/mol. The van der Waals surface area contributed by atoms with E-state index in [2.05, 4.69) is 74.6 Å². The predicted molar refractivity (Wildman–Crippen MR) is 79.5 cm³/mol. The lowest BCUT2D eigenvalue weighted by Crippen LogP contribution is -2.53. The molecule has 0 aromatic rings. The molecule has 0 fully saturated rings. The Morgan fingerprint density at radius 1 is 0.778 bits per heavy atom. The van der Waals surface area contributed by atoms with E-state index in [0.717, 1.165) is 0 Å². The van der Waals surface area contributed by atoms with E-state index in [9.17, 15) is 4.79 Å². The lowest BCUT2D eigenvalue weighted by Gasteiger charge is -2.42. The quantitative estimate of drug-likeness (QED) is 0.796. The molecular weight excluding hydrogens is 222 g/mol. The minimum atomic E-state index is -0.196. The van der Waals surface area contributed by atoms with Crippen LogP contribution in [0.15, 0.2) is 0 Å². The molecule has 2 heteroatoms. The van der Waals surface area contributed by atoms with Crippen LogP contribution in [0.25, 0.3) is 0 Å². The van der Waals surface area contributed by atoms with E-state index in [1.54, 1.807) is 0 Å². The van der Waals surface area contributed by atoms with Gasteiger partial charge in [0.05, 0.1) is 0 Å². The second-order valence-electron chi connectivity index (χ2n) is 8.73. The van der Waals surface area contributed by atoms with Crippen molar-refractivity contribution in [2.24, 2.45) is 16.2 Å². The van der Waals surface area contributed by atoms with E-state index in [1.807, 2.05) is 0 Å². The summed E-state index contributed by atoms with van der Waals surface area (Å²) in [7, 11) is 0. The zero-order valence-corrected chi connectivity index (χ0v) is 14.1. The largest absolute Gasteiger partial charge is 0.351 e.